The van der Waals surface area contributed by atoms with Crippen molar-refractivity contribution in [2.45, 2.75) is 19.8 Å². The Hall–Kier alpha value is -0.860. The van der Waals surface area contributed by atoms with Gasteiger partial charge in [-0.1, -0.05) is 30.7 Å². The Morgan fingerprint density at radius 1 is 1.47 bits per heavy atom. The third-order valence-electron chi connectivity index (χ3n) is 1.65. The van der Waals surface area contributed by atoms with Gasteiger partial charge in [-0.3, -0.25) is 4.79 Å². The lowest BCUT2D eigenvalue weighted by Gasteiger charge is -1.93. The molecule has 84 valence electrons. The smallest absolute Gasteiger partial charge is 0.149 e. The molecule has 0 saturated carbocycles. The third kappa shape index (κ3) is 8.16. The molecular formula is C12H17ClO2. The molecule has 0 aliphatic heterocycles. The van der Waals surface area contributed by atoms with E-state index in [1.807, 2.05) is 19.1 Å². The summed E-state index contributed by atoms with van der Waals surface area (Å²) in [5.41, 5.74) is 0.610. The molecule has 0 aromatic carbocycles. The molecule has 0 radical (unpaired) electrons. The minimum atomic E-state index is 0.554. The van der Waals surface area contributed by atoms with Gasteiger partial charge in [-0.15, -0.1) is 0 Å². The minimum Gasteiger partial charge on any atom is -0.384 e. The van der Waals surface area contributed by atoms with Crippen LogP contribution in [0, 0.1) is 0 Å². The molecule has 2 nitrogen and oxygen atoms in total. The first-order valence-electron chi connectivity index (χ1n) is 4.92. The van der Waals surface area contributed by atoms with E-state index in [2.05, 4.69) is 0 Å². The van der Waals surface area contributed by atoms with Crippen LogP contribution in [0.2, 0.25) is 0 Å². The van der Waals surface area contributed by atoms with Crippen molar-refractivity contribution in [3.8, 4) is 0 Å². The van der Waals surface area contributed by atoms with E-state index >= 15 is 0 Å². The predicted molar refractivity (Wildman–Crippen MR) is 64.0 cm³/mol. The Kier molecular flexibility index (Phi) is 9.13. The van der Waals surface area contributed by atoms with Crippen molar-refractivity contribution in [2.24, 2.45) is 0 Å². The van der Waals surface area contributed by atoms with Crippen LogP contribution in [0.4, 0.5) is 0 Å². The molecule has 0 heterocycles. The highest BCUT2D eigenvalue weighted by atomic mass is 35.5. The van der Waals surface area contributed by atoms with E-state index in [4.69, 9.17) is 16.3 Å². The first-order chi connectivity index (χ1) is 7.24. The second kappa shape index (κ2) is 9.69. The Bertz CT molecular complexity index is 265. The van der Waals surface area contributed by atoms with Gasteiger partial charge in [0.1, 0.15) is 6.29 Å². The summed E-state index contributed by atoms with van der Waals surface area (Å²) >= 11 is 5.90. The number of rotatable bonds is 7. The van der Waals surface area contributed by atoms with Gasteiger partial charge in [0.25, 0.3) is 0 Å². The van der Waals surface area contributed by atoms with Crippen molar-refractivity contribution in [3.05, 3.63) is 34.9 Å². The third-order valence-corrected chi connectivity index (χ3v) is 1.88. The standard InChI is InChI=1S/C12H17ClO2/c1-3-6-11(10-14)9-12(13)7-4-5-8-15-2/h4,6-7,9-10H,3,5,8H2,1-2H3/b7-4+,11-6+,12-9+. The summed E-state index contributed by atoms with van der Waals surface area (Å²) in [6.07, 6.45) is 9.61. The lowest BCUT2D eigenvalue weighted by atomic mass is 10.2. The number of carbonyl (C=O) groups excluding carboxylic acids is 1. The zero-order valence-electron chi connectivity index (χ0n) is 9.20. The van der Waals surface area contributed by atoms with Crippen LogP contribution in [0.3, 0.4) is 0 Å². The van der Waals surface area contributed by atoms with E-state index in [1.165, 1.54) is 0 Å². The van der Waals surface area contributed by atoms with Gasteiger partial charge in [0, 0.05) is 24.3 Å². The van der Waals surface area contributed by atoms with Gasteiger partial charge in [-0.25, -0.2) is 0 Å². The molecule has 0 rings (SSSR count). The molecule has 0 aliphatic rings. The fraction of sp³-hybridized carbons (Fsp3) is 0.417. The molecule has 0 aromatic rings. The Morgan fingerprint density at radius 2 is 2.20 bits per heavy atom. The Morgan fingerprint density at radius 3 is 2.73 bits per heavy atom. The highest BCUT2D eigenvalue weighted by molar-refractivity contribution is 6.31. The van der Waals surface area contributed by atoms with Crippen LogP contribution in [-0.4, -0.2) is 20.0 Å². The summed E-state index contributed by atoms with van der Waals surface area (Å²) in [5.74, 6) is 0. The number of methoxy groups -OCH3 is 1. The lowest BCUT2D eigenvalue weighted by Crippen LogP contribution is -1.84. The Labute approximate surface area is 96.3 Å². The fourth-order valence-corrected chi connectivity index (χ4v) is 1.18. The summed E-state index contributed by atoms with van der Waals surface area (Å²) in [5, 5.41) is 0.554. The van der Waals surface area contributed by atoms with Gasteiger partial charge in [0.2, 0.25) is 0 Å². The first kappa shape index (κ1) is 14.1. The molecule has 0 unspecified atom stereocenters. The molecule has 0 saturated heterocycles. The van der Waals surface area contributed by atoms with Crippen LogP contribution in [-0.2, 0) is 9.53 Å². The van der Waals surface area contributed by atoms with Crippen molar-refractivity contribution in [2.75, 3.05) is 13.7 Å². The average Bonchev–Trinajstić information content (AvgIpc) is 2.24. The van der Waals surface area contributed by atoms with Crippen molar-refractivity contribution < 1.29 is 9.53 Å². The van der Waals surface area contributed by atoms with E-state index in [0.29, 0.717) is 17.2 Å². The highest BCUT2D eigenvalue weighted by Crippen LogP contribution is 2.08. The zero-order chi connectivity index (χ0) is 11.5. The molecule has 0 bridgehead atoms. The average molecular weight is 229 g/mol. The van der Waals surface area contributed by atoms with Gasteiger partial charge >= 0.3 is 0 Å². The minimum absolute atomic E-state index is 0.554. The van der Waals surface area contributed by atoms with Gasteiger partial charge < -0.3 is 4.74 Å². The van der Waals surface area contributed by atoms with Gasteiger partial charge in [-0.05, 0) is 25.0 Å². The van der Waals surface area contributed by atoms with Crippen LogP contribution in [0.5, 0.6) is 0 Å². The van der Waals surface area contributed by atoms with Gasteiger partial charge in [0.05, 0.1) is 0 Å². The second-order valence-corrected chi connectivity index (χ2v) is 3.38. The lowest BCUT2D eigenvalue weighted by molar-refractivity contribution is -0.104. The summed E-state index contributed by atoms with van der Waals surface area (Å²) in [6, 6.07) is 0. The van der Waals surface area contributed by atoms with Crippen LogP contribution in [0.1, 0.15) is 19.8 Å². The van der Waals surface area contributed by atoms with Crippen molar-refractivity contribution in [1.82, 2.24) is 0 Å². The Balaban J connectivity index is 4.22. The normalized spacial score (nSPS) is 13.5. The fourth-order valence-electron chi connectivity index (χ4n) is 0.966. The van der Waals surface area contributed by atoms with E-state index in [1.54, 1.807) is 19.3 Å². The van der Waals surface area contributed by atoms with Gasteiger partial charge in [0.15, 0.2) is 0 Å². The zero-order valence-corrected chi connectivity index (χ0v) is 9.96. The van der Waals surface area contributed by atoms with Crippen LogP contribution in [0.25, 0.3) is 0 Å². The number of aldehydes is 1. The van der Waals surface area contributed by atoms with Crippen molar-refractivity contribution in [3.63, 3.8) is 0 Å². The largest absolute Gasteiger partial charge is 0.384 e. The maximum atomic E-state index is 10.6. The quantitative estimate of drug-likeness (QED) is 0.289. The van der Waals surface area contributed by atoms with Crippen molar-refractivity contribution >= 4 is 17.9 Å². The molecule has 0 amide bonds. The summed E-state index contributed by atoms with van der Waals surface area (Å²) in [7, 11) is 1.65. The summed E-state index contributed by atoms with van der Waals surface area (Å²) < 4.78 is 4.88. The maximum absolute atomic E-state index is 10.6. The van der Waals surface area contributed by atoms with Crippen LogP contribution in [0.15, 0.2) is 34.9 Å². The second-order valence-electron chi connectivity index (χ2n) is 2.94. The van der Waals surface area contributed by atoms with E-state index in [9.17, 15) is 4.79 Å². The molecule has 0 aliphatic carbocycles. The number of allylic oxidation sites excluding steroid dienone is 5. The molecule has 0 N–H and O–H groups in total. The molecule has 15 heavy (non-hydrogen) atoms. The number of carbonyl (C=O) groups is 1. The molecule has 0 aromatic heterocycles. The number of halogens is 1. The summed E-state index contributed by atoms with van der Waals surface area (Å²) in [4.78, 5) is 10.6. The summed E-state index contributed by atoms with van der Waals surface area (Å²) in [6.45, 7) is 2.64. The monoisotopic (exact) mass is 228 g/mol. The topological polar surface area (TPSA) is 26.3 Å². The molecule has 0 atom stereocenters. The molecule has 3 heteroatoms. The van der Waals surface area contributed by atoms with Crippen molar-refractivity contribution in [1.29, 1.82) is 0 Å². The number of hydrogen-bond donors (Lipinski definition) is 0. The molecular weight excluding hydrogens is 212 g/mol. The van der Waals surface area contributed by atoms with Crippen LogP contribution < -0.4 is 0 Å². The number of ether oxygens (including phenoxy) is 1. The highest BCUT2D eigenvalue weighted by Gasteiger charge is 1.91. The van der Waals surface area contributed by atoms with E-state index in [0.717, 1.165) is 19.1 Å². The SMILES string of the molecule is CC\C=C(C=O)/C=C(Cl)\C=C\CCOC. The van der Waals surface area contributed by atoms with E-state index in [-0.39, 0.29) is 0 Å². The predicted octanol–water partition coefficient (Wildman–Crippen LogP) is 3.24. The number of hydrogen-bond acceptors (Lipinski definition) is 2. The molecule has 0 fully saturated rings. The maximum Gasteiger partial charge on any atom is 0.149 e. The molecule has 0 spiro atoms. The van der Waals surface area contributed by atoms with Crippen LogP contribution >= 0.6 is 11.6 Å². The van der Waals surface area contributed by atoms with E-state index < -0.39 is 0 Å². The van der Waals surface area contributed by atoms with Gasteiger partial charge in [-0.2, -0.15) is 0 Å². The first-order valence-corrected chi connectivity index (χ1v) is 5.30.